The van der Waals surface area contributed by atoms with Gasteiger partial charge < -0.3 is 10.0 Å². The molecule has 1 aliphatic carbocycles. The third-order valence-corrected chi connectivity index (χ3v) is 5.70. The van der Waals surface area contributed by atoms with E-state index in [0.717, 1.165) is 25.3 Å². The van der Waals surface area contributed by atoms with E-state index in [1.54, 1.807) is 0 Å². The molecule has 0 spiro atoms. The Hall–Kier alpha value is -0.0800. The van der Waals surface area contributed by atoms with Crippen LogP contribution in [-0.4, -0.2) is 34.7 Å². The van der Waals surface area contributed by atoms with E-state index in [-0.39, 0.29) is 5.60 Å². The summed E-state index contributed by atoms with van der Waals surface area (Å²) in [5.41, 5.74) is -0.314. The lowest BCUT2D eigenvalue weighted by Crippen LogP contribution is -2.52. The summed E-state index contributed by atoms with van der Waals surface area (Å²) in [5.74, 6) is 1.49. The summed E-state index contributed by atoms with van der Waals surface area (Å²) < 4.78 is 0. The molecule has 1 saturated carbocycles. The molecular weight excluding hydrogens is 210 g/mol. The van der Waals surface area contributed by atoms with Crippen LogP contribution < -0.4 is 0 Å². The Balaban J connectivity index is 1.65. The minimum Gasteiger partial charge on any atom is -0.389 e. The molecule has 3 fully saturated rings. The van der Waals surface area contributed by atoms with Gasteiger partial charge in [0.1, 0.15) is 0 Å². The van der Waals surface area contributed by atoms with Crippen molar-refractivity contribution in [2.45, 2.75) is 69.9 Å². The Kier molecular flexibility index (Phi) is 3.20. The number of nitrogens with zero attached hydrogens (tertiary/aromatic N) is 1. The van der Waals surface area contributed by atoms with Crippen LogP contribution in [0.5, 0.6) is 0 Å². The summed E-state index contributed by atoms with van der Waals surface area (Å²) in [4.78, 5) is 2.61. The summed E-state index contributed by atoms with van der Waals surface area (Å²) in [6.45, 7) is 4.79. The monoisotopic (exact) mass is 237 g/mol. The van der Waals surface area contributed by atoms with Crippen LogP contribution in [0.4, 0.5) is 0 Å². The number of rotatable bonds is 1. The molecule has 1 N–H and O–H groups in total. The zero-order chi connectivity index (χ0) is 11.9. The zero-order valence-corrected chi connectivity index (χ0v) is 11.2. The van der Waals surface area contributed by atoms with Crippen LogP contribution in [0.15, 0.2) is 0 Å². The molecule has 0 aromatic heterocycles. The molecule has 3 rings (SSSR count). The van der Waals surface area contributed by atoms with Gasteiger partial charge in [0.25, 0.3) is 0 Å². The van der Waals surface area contributed by atoms with Crippen molar-refractivity contribution in [1.82, 2.24) is 4.90 Å². The van der Waals surface area contributed by atoms with Crippen molar-refractivity contribution in [2.75, 3.05) is 13.1 Å². The second-order valence-corrected chi connectivity index (χ2v) is 6.85. The average molecular weight is 237 g/mol. The van der Waals surface area contributed by atoms with Crippen molar-refractivity contribution in [2.24, 2.45) is 11.8 Å². The predicted octanol–water partition coefficient (Wildman–Crippen LogP) is 2.80. The Morgan fingerprint density at radius 2 is 1.82 bits per heavy atom. The molecule has 98 valence electrons. The van der Waals surface area contributed by atoms with E-state index in [0.29, 0.717) is 12.0 Å². The normalized spacial score (nSPS) is 48.0. The largest absolute Gasteiger partial charge is 0.389 e. The molecule has 2 unspecified atom stereocenters. The van der Waals surface area contributed by atoms with Gasteiger partial charge >= 0.3 is 0 Å². The minimum absolute atomic E-state index is 0.314. The second kappa shape index (κ2) is 4.55. The summed E-state index contributed by atoms with van der Waals surface area (Å²) in [6.07, 6.45) is 9.97. The zero-order valence-electron chi connectivity index (χ0n) is 11.2. The van der Waals surface area contributed by atoms with Gasteiger partial charge in [-0.3, -0.25) is 0 Å². The molecule has 0 amide bonds. The lowest BCUT2D eigenvalue weighted by atomic mass is 9.69. The van der Waals surface area contributed by atoms with Crippen LogP contribution >= 0.6 is 0 Å². The van der Waals surface area contributed by atoms with Gasteiger partial charge in [-0.05, 0) is 56.9 Å². The fourth-order valence-corrected chi connectivity index (χ4v) is 4.44. The summed E-state index contributed by atoms with van der Waals surface area (Å²) >= 11 is 0. The SMILES string of the molecule is CC1CCC(C2(O)CCN3CCCC3C2)CC1. The highest BCUT2D eigenvalue weighted by Crippen LogP contribution is 2.43. The summed E-state index contributed by atoms with van der Waals surface area (Å²) in [5, 5.41) is 11.0. The lowest BCUT2D eigenvalue weighted by molar-refractivity contribution is -0.0912. The lowest BCUT2D eigenvalue weighted by Gasteiger charge is -2.47. The molecule has 2 heteroatoms. The van der Waals surface area contributed by atoms with Gasteiger partial charge in [0.05, 0.1) is 5.60 Å². The fourth-order valence-electron chi connectivity index (χ4n) is 4.44. The standard InChI is InChI=1S/C15H27NO/c1-12-4-6-13(7-5-12)15(17)8-10-16-9-2-3-14(16)11-15/h12-14,17H,2-11H2,1H3. The van der Waals surface area contributed by atoms with E-state index < -0.39 is 0 Å². The van der Waals surface area contributed by atoms with Crippen LogP contribution in [0.1, 0.15) is 58.3 Å². The van der Waals surface area contributed by atoms with E-state index in [9.17, 15) is 5.11 Å². The van der Waals surface area contributed by atoms with E-state index in [4.69, 9.17) is 0 Å². The quantitative estimate of drug-likeness (QED) is 0.758. The topological polar surface area (TPSA) is 23.5 Å². The first-order chi connectivity index (χ1) is 8.17. The van der Waals surface area contributed by atoms with E-state index in [1.807, 2.05) is 0 Å². The molecule has 2 aliphatic heterocycles. The van der Waals surface area contributed by atoms with Gasteiger partial charge in [0.15, 0.2) is 0 Å². The van der Waals surface area contributed by atoms with E-state index in [1.165, 1.54) is 45.1 Å². The van der Waals surface area contributed by atoms with E-state index in [2.05, 4.69) is 11.8 Å². The first-order valence-corrected chi connectivity index (χ1v) is 7.64. The number of fused-ring (bicyclic) bond motifs is 1. The average Bonchev–Trinajstić information content (AvgIpc) is 2.76. The molecule has 2 nitrogen and oxygen atoms in total. The van der Waals surface area contributed by atoms with Gasteiger partial charge in [-0.15, -0.1) is 0 Å². The smallest absolute Gasteiger partial charge is 0.0702 e. The molecular formula is C15H27NO. The van der Waals surface area contributed by atoms with Crippen molar-refractivity contribution in [1.29, 1.82) is 0 Å². The van der Waals surface area contributed by atoms with Crippen LogP contribution in [-0.2, 0) is 0 Å². The highest BCUT2D eigenvalue weighted by Gasteiger charge is 2.45. The van der Waals surface area contributed by atoms with Gasteiger partial charge in [0, 0.05) is 12.6 Å². The first-order valence-electron chi connectivity index (χ1n) is 7.64. The third kappa shape index (κ3) is 2.26. The molecule has 2 saturated heterocycles. The maximum atomic E-state index is 11.0. The Morgan fingerprint density at radius 3 is 2.59 bits per heavy atom. The van der Waals surface area contributed by atoms with Gasteiger partial charge in [-0.25, -0.2) is 0 Å². The maximum absolute atomic E-state index is 11.0. The Labute approximate surface area is 105 Å². The fraction of sp³-hybridized carbons (Fsp3) is 1.00. The highest BCUT2D eigenvalue weighted by atomic mass is 16.3. The van der Waals surface area contributed by atoms with Crippen molar-refractivity contribution in [3.63, 3.8) is 0 Å². The summed E-state index contributed by atoms with van der Waals surface area (Å²) in [7, 11) is 0. The van der Waals surface area contributed by atoms with Gasteiger partial charge in [0.2, 0.25) is 0 Å². The number of piperidine rings is 1. The van der Waals surface area contributed by atoms with E-state index >= 15 is 0 Å². The first kappa shape index (κ1) is 12.0. The van der Waals surface area contributed by atoms with Crippen LogP contribution in [0.2, 0.25) is 0 Å². The molecule has 3 aliphatic rings. The summed E-state index contributed by atoms with van der Waals surface area (Å²) in [6, 6.07) is 0.702. The second-order valence-electron chi connectivity index (χ2n) is 6.85. The molecule has 0 aromatic carbocycles. The molecule has 0 bridgehead atoms. The van der Waals surface area contributed by atoms with Crippen molar-refractivity contribution < 1.29 is 5.11 Å². The van der Waals surface area contributed by atoms with Crippen molar-refractivity contribution in [3.8, 4) is 0 Å². The minimum atomic E-state index is -0.314. The van der Waals surface area contributed by atoms with Crippen molar-refractivity contribution in [3.05, 3.63) is 0 Å². The number of aliphatic hydroxyl groups is 1. The van der Waals surface area contributed by atoms with Gasteiger partial charge in [-0.1, -0.05) is 19.8 Å². The van der Waals surface area contributed by atoms with Crippen LogP contribution in [0.25, 0.3) is 0 Å². The predicted molar refractivity (Wildman–Crippen MR) is 69.9 cm³/mol. The molecule has 2 heterocycles. The third-order valence-electron chi connectivity index (χ3n) is 5.70. The number of hydrogen-bond acceptors (Lipinski definition) is 2. The Morgan fingerprint density at radius 1 is 1.06 bits per heavy atom. The maximum Gasteiger partial charge on any atom is 0.0702 e. The molecule has 0 radical (unpaired) electrons. The number of hydrogen-bond donors (Lipinski definition) is 1. The molecule has 17 heavy (non-hydrogen) atoms. The van der Waals surface area contributed by atoms with Crippen LogP contribution in [0.3, 0.4) is 0 Å². The Bertz CT molecular complexity index is 272. The van der Waals surface area contributed by atoms with Crippen LogP contribution in [0, 0.1) is 11.8 Å². The van der Waals surface area contributed by atoms with Gasteiger partial charge in [-0.2, -0.15) is 0 Å². The molecule has 0 aromatic rings. The van der Waals surface area contributed by atoms with Crippen molar-refractivity contribution >= 4 is 0 Å². The molecule has 2 atom stereocenters. The highest BCUT2D eigenvalue weighted by molar-refractivity contribution is 4.99.